The maximum Gasteiger partial charge on any atom is 0.241 e. The summed E-state index contributed by atoms with van der Waals surface area (Å²) in [6.45, 7) is 1.78. The molecule has 21 heavy (non-hydrogen) atoms. The van der Waals surface area contributed by atoms with Gasteiger partial charge in [-0.05, 0) is 44.1 Å². The molecular weight excluding hydrogens is 334 g/mol. The van der Waals surface area contributed by atoms with Gasteiger partial charge in [-0.1, -0.05) is 15.9 Å². The summed E-state index contributed by atoms with van der Waals surface area (Å²) in [5, 5.41) is 3.24. The molecule has 1 aromatic heterocycles. The van der Waals surface area contributed by atoms with E-state index in [9.17, 15) is 4.79 Å². The van der Waals surface area contributed by atoms with Crippen molar-refractivity contribution in [3.05, 3.63) is 28.9 Å². The average molecular weight is 350 g/mol. The summed E-state index contributed by atoms with van der Waals surface area (Å²) in [5.74, 6) is 0.594. The van der Waals surface area contributed by atoms with Gasteiger partial charge in [0.25, 0.3) is 0 Å². The molecule has 1 saturated heterocycles. The highest BCUT2D eigenvalue weighted by Gasteiger charge is 2.20. The van der Waals surface area contributed by atoms with Crippen LogP contribution >= 0.6 is 15.9 Å². The molecule has 2 heterocycles. The Morgan fingerprint density at radius 1 is 1.29 bits per heavy atom. The number of nitrogens with one attached hydrogen (secondary N) is 3. The summed E-state index contributed by atoms with van der Waals surface area (Å²) in [5.41, 5.74) is 7.14. The van der Waals surface area contributed by atoms with Gasteiger partial charge < -0.3 is 5.32 Å². The first-order valence-electron chi connectivity index (χ1n) is 6.91. The van der Waals surface area contributed by atoms with E-state index in [0.29, 0.717) is 5.82 Å². The van der Waals surface area contributed by atoms with Crippen molar-refractivity contribution in [3.8, 4) is 0 Å². The monoisotopic (exact) mass is 349 g/mol. The first-order chi connectivity index (χ1) is 10.2. The van der Waals surface area contributed by atoms with Crippen molar-refractivity contribution in [2.45, 2.75) is 12.8 Å². The van der Waals surface area contributed by atoms with E-state index in [-0.39, 0.29) is 11.8 Å². The second-order valence-corrected chi connectivity index (χ2v) is 5.94. The summed E-state index contributed by atoms with van der Waals surface area (Å²) in [7, 11) is 0. The van der Waals surface area contributed by atoms with E-state index in [2.05, 4.69) is 42.1 Å². The van der Waals surface area contributed by atoms with Gasteiger partial charge in [0.1, 0.15) is 0 Å². The Bertz CT molecular complexity index is 657. The zero-order chi connectivity index (χ0) is 14.7. The lowest BCUT2D eigenvalue weighted by Crippen LogP contribution is -2.40. The first kappa shape index (κ1) is 14.2. The van der Waals surface area contributed by atoms with Crippen molar-refractivity contribution in [1.29, 1.82) is 0 Å². The third kappa shape index (κ3) is 3.48. The normalized spacial score (nSPS) is 15.9. The maximum absolute atomic E-state index is 12.0. The van der Waals surface area contributed by atoms with Crippen LogP contribution < -0.4 is 16.2 Å². The van der Waals surface area contributed by atoms with E-state index in [0.717, 1.165) is 41.4 Å². The van der Waals surface area contributed by atoms with E-state index in [1.807, 2.05) is 18.2 Å². The Morgan fingerprint density at radius 3 is 2.90 bits per heavy atom. The molecule has 2 aromatic rings. The van der Waals surface area contributed by atoms with Crippen molar-refractivity contribution in [2.24, 2.45) is 5.92 Å². The number of nitrogens with zero attached hydrogens (tertiary/aromatic N) is 2. The number of hydrazine groups is 1. The second kappa shape index (κ2) is 6.36. The van der Waals surface area contributed by atoms with Crippen molar-refractivity contribution in [3.63, 3.8) is 0 Å². The highest BCUT2D eigenvalue weighted by atomic mass is 79.9. The molecule has 0 aliphatic carbocycles. The minimum Gasteiger partial charge on any atom is -0.317 e. The number of carbonyl (C=O) groups is 1. The van der Waals surface area contributed by atoms with Crippen molar-refractivity contribution in [1.82, 2.24) is 20.7 Å². The van der Waals surface area contributed by atoms with Crippen LogP contribution in [0.2, 0.25) is 0 Å². The number of benzene rings is 1. The van der Waals surface area contributed by atoms with Crippen LogP contribution in [0.1, 0.15) is 12.8 Å². The molecule has 1 aliphatic heterocycles. The van der Waals surface area contributed by atoms with E-state index < -0.39 is 0 Å². The fourth-order valence-electron chi connectivity index (χ4n) is 2.36. The molecular formula is C14H16BrN5O. The number of aromatic nitrogens is 2. The van der Waals surface area contributed by atoms with Gasteiger partial charge in [-0.3, -0.25) is 20.6 Å². The Kier molecular flexibility index (Phi) is 4.31. The maximum atomic E-state index is 12.0. The SMILES string of the molecule is O=C(NNc1cnc2ccc(Br)cc2n1)C1CCNCC1. The lowest BCUT2D eigenvalue weighted by molar-refractivity contribution is -0.125. The van der Waals surface area contributed by atoms with Crippen LogP contribution in [0.5, 0.6) is 0 Å². The van der Waals surface area contributed by atoms with Crippen molar-refractivity contribution in [2.75, 3.05) is 18.5 Å². The molecule has 1 aromatic carbocycles. The van der Waals surface area contributed by atoms with Crippen LogP contribution in [0.15, 0.2) is 28.9 Å². The number of anilines is 1. The highest BCUT2D eigenvalue weighted by Crippen LogP contribution is 2.17. The molecule has 0 atom stereocenters. The molecule has 0 spiro atoms. The first-order valence-corrected chi connectivity index (χ1v) is 7.70. The third-order valence-corrected chi connectivity index (χ3v) is 4.02. The Morgan fingerprint density at radius 2 is 2.10 bits per heavy atom. The van der Waals surface area contributed by atoms with Crippen LogP contribution in [0.3, 0.4) is 0 Å². The van der Waals surface area contributed by atoms with Crippen LogP contribution in [0.4, 0.5) is 5.82 Å². The Labute approximate surface area is 130 Å². The number of hydrogen-bond donors (Lipinski definition) is 3. The number of hydrogen-bond acceptors (Lipinski definition) is 5. The number of fused-ring (bicyclic) bond motifs is 1. The van der Waals surface area contributed by atoms with E-state index in [1.54, 1.807) is 6.20 Å². The third-order valence-electron chi connectivity index (χ3n) is 3.53. The zero-order valence-corrected chi connectivity index (χ0v) is 13.0. The summed E-state index contributed by atoms with van der Waals surface area (Å²) in [6.07, 6.45) is 3.34. The van der Waals surface area contributed by atoms with E-state index in [4.69, 9.17) is 0 Å². The molecule has 0 radical (unpaired) electrons. The summed E-state index contributed by atoms with van der Waals surface area (Å²) < 4.78 is 0.945. The number of piperidine rings is 1. The quantitative estimate of drug-likeness (QED) is 0.737. The molecule has 0 bridgehead atoms. The molecule has 6 nitrogen and oxygen atoms in total. The van der Waals surface area contributed by atoms with E-state index >= 15 is 0 Å². The van der Waals surface area contributed by atoms with Crippen molar-refractivity contribution < 1.29 is 4.79 Å². The molecule has 1 fully saturated rings. The van der Waals surface area contributed by atoms with Crippen LogP contribution in [0.25, 0.3) is 11.0 Å². The fraction of sp³-hybridized carbons (Fsp3) is 0.357. The van der Waals surface area contributed by atoms with Crippen LogP contribution in [-0.2, 0) is 4.79 Å². The number of rotatable bonds is 3. The molecule has 1 amide bonds. The predicted molar refractivity (Wildman–Crippen MR) is 84.6 cm³/mol. The van der Waals surface area contributed by atoms with Crippen molar-refractivity contribution >= 4 is 38.7 Å². The van der Waals surface area contributed by atoms with Gasteiger partial charge in [0.2, 0.25) is 5.91 Å². The minimum atomic E-state index is 0.00707. The Balaban J connectivity index is 1.65. The van der Waals surface area contributed by atoms with Crippen LogP contribution in [0, 0.1) is 5.92 Å². The molecule has 0 saturated carbocycles. The largest absolute Gasteiger partial charge is 0.317 e. The lowest BCUT2D eigenvalue weighted by Gasteiger charge is -2.21. The molecule has 7 heteroatoms. The highest BCUT2D eigenvalue weighted by molar-refractivity contribution is 9.10. The van der Waals surface area contributed by atoms with Gasteiger partial charge in [-0.15, -0.1) is 0 Å². The van der Waals surface area contributed by atoms with E-state index in [1.165, 1.54) is 0 Å². The second-order valence-electron chi connectivity index (χ2n) is 5.03. The fourth-order valence-corrected chi connectivity index (χ4v) is 2.71. The van der Waals surface area contributed by atoms with Gasteiger partial charge in [0, 0.05) is 10.4 Å². The minimum absolute atomic E-state index is 0.00707. The number of amides is 1. The van der Waals surface area contributed by atoms with Gasteiger partial charge >= 0.3 is 0 Å². The smallest absolute Gasteiger partial charge is 0.241 e. The van der Waals surface area contributed by atoms with Gasteiger partial charge in [0.15, 0.2) is 5.82 Å². The van der Waals surface area contributed by atoms with Gasteiger partial charge in [-0.2, -0.15) is 0 Å². The predicted octanol–water partition coefficient (Wildman–Crippen LogP) is 1.83. The topological polar surface area (TPSA) is 78.9 Å². The lowest BCUT2D eigenvalue weighted by atomic mass is 9.98. The van der Waals surface area contributed by atoms with Crippen LogP contribution in [-0.4, -0.2) is 29.0 Å². The zero-order valence-electron chi connectivity index (χ0n) is 11.4. The summed E-state index contributed by atoms with van der Waals surface area (Å²) in [6, 6.07) is 5.70. The number of carbonyl (C=O) groups excluding carboxylic acids is 1. The standard InChI is InChI=1S/C14H16BrN5O/c15-10-1-2-11-12(7-10)18-13(8-17-11)19-20-14(21)9-3-5-16-6-4-9/h1-2,7-9,16H,3-6H2,(H,18,19)(H,20,21). The summed E-state index contributed by atoms with van der Waals surface area (Å²) >= 11 is 3.41. The molecule has 110 valence electrons. The molecule has 3 N–H and O–H groups in total. The summed E-state index contributed by atoms with van der Waals surface area (Å²) in [4.78, 5) is 20.8. The van der Waals surface area contributed by atoms with Gasteiger partial charge in [-0.25, -0.2) is 4.98 Å². The molecule has 0 unspecified atom stereocenters. The Hall–Kier alpha value is -1.73. The number of halogens is 1. The molecule has 1 aliphatic rings. The van der Waals surface area contributed by atoms with Gasteiger partial charge in [0.05, 0.1) is 17.2 Å². The molecule has 3 rings (SSSR count). The average Bonchev–Trinajstić information content (AvgIpc) is 2.53.